The summed E-state index contributed by atoms with van der Waals surface area (Å²) < 4.78 is 10.4. The lowest BCUT2D eigenvalue weighted by Gasteiger charge is -2.02. The molecular formula is C12H12N2O3. The van der Waals surface area contributed by atoms with Crippen molar-refractivity contribution in [1.29, 1.82) is 0 Å². The van der Waals surface area contributed by atoms with E-state index in [-0.39, 0.29) is 6.61 Å². The van der Waals surface area contributed by atoms with Crippen LogP contribution >= 0.6 is 0 Å². The van der Waals surface area contributed by atoms with Crippen LogP contribution in [0.1, 0.15) is 29.0 Å². The molecule has 1 aromatic carbocycles. The Bertz CT molecular complexity index is 508. The molecule has 0 saturated carbocycles. The van der Waals surface area contributed by atoms with E-state index in [2.05, 4.69) is 10.1 Å². The number of aldehydes is 1. The highest BCUT2D eigenvalue weighted by atomic mass is 16.5. The molecular weight excluding hydrogens is 220 g/mol. The molecule has 0 aliphatic carbocycles. The van der Waals surface area contributed by atoms with E-state index < -0.39 is 0 Å². The zero-order chi connectivity index (χ0) is 12.1. The van der Waals surface area contributed by atoms with Gasteiger partial charge in [-0.05, 0) is 12.1 Å². The number of nitrogens with zero attached hydrogens (tertiary/aromatic N) is 2. The number of ether oxygens (including phenoxy) is 1. The molecule has 5 heteroatoms. The lowest BCUT2D eigenvalue weighted by molar-refractivity contribution is 0.112. The van der Waals surface area contributed by atoms with Crippen LogP contribution in [0.5, 0.6) is 5.75 Å². The standard InChI is InChI=1S/C12H12N2O3/c1-2-12-13-11(14-17-12)8-16-10-5-3-4-9(6-10)7-15/h3-7H,2,8H2,1H3. The van der Waals surface area contributed by atoms with E-state index in [1.54, 1.807) is 24.3 Å². The maximum absolute atomic E-state index is 10.6. The van der Waals surface area contributed by atoms with Gasteiger partial charge < -0.3 is 9.26 Å². The number of benzene rings is 1. The molecule has 2 aromatic rings. The van der Waals surface area contributed by atoms with Crippen LogP contribution in [0.3, 0.4) is 0 Å². The zero-order valence-corrected chi connectivity index (χ0v) is 9.42. The first-order chi connectivity index (χ1) is 8.31. The number of carbonyl (C=O) groups is 1. The van der Waals surface area contributed by atoms with Crippen LogP contribution in [-0.4, -0.2) is 16.4 Å². The third kappa shape index (κ3) is 2.90. The maximum atomic E-state index is 10.6. The monoisotopic (exact) mass is 232 g/mol. The minimum absolute atomic E-state index is 0.228. The Balaban J connectivity index is 1.99. The SMILES string of the molecule is CCc1nc(COc2cccc(C=O)c2)no1. The van der Waals surface area contributed by atoms with E-state index in [4.69, 9.17) is 9.26 Å². The summed E-state index contributed by atoms with van der Waals surface area (Å²) in [5.41, 5.74) is 0.574. The molecule has 0 aliphatic rings. The Hall–Kier alpha value is -2.17. The predicted octanol–water partition coefficient (Wildman–Crippen LogP) is 2.02. The van der Waals surface area contributed by atoms with Crippen molar-refractivity contribution in [3.63, 3.8) is 0 Å². The van der Waals surface area contributed by atoms with Crippen LogP contribution in [0.15, 0.2) is 28.8 Å². The van der Waals surface area contributed by atoms with Gasteiger partial charge in [-0.25, -0.2) is 0 Å². The molecule has 0 unspecified atom stereocenters. The highest BCUT2D eigenvalue weighted by Crippen LogP contribution is 2.13. The maximum Gasteiger partial charge on any atom is 0.226 e. The van der Waals surface area contributed by atoms with E-state index in [0.717, 1.165) is 6.29 Å². The molecule has 5 nitrogen and oxygen atoms in total. The first kappa shape index (κ1) is 11.3. The highest BCUT2D eigenvalue weighted by Gasteiger charge is 2.05. The van der Waals surface area contributed by atoms with Crippen LogP contribution in [-0.2, 0) is 13.0 Å². The summed E-state index contributed by atoms with van der Waals surface area (Å²) in [5.74, 6) is 1.70. The molecule has 0 saturated heterocycles. The summed E-state index contributed by atoms with van der Waals surface area (Å²) in [4.78, 5) is 14.7. The third-order valence-electron chi connectivity index (χ3n) is 2.17. The van der Waals surface area contributed by atoms with Gasteiger partial charge in [-0.2, -0.15) is 4.98 Å². The van der Waals surface area contributed by atoms with Gasteiger partial charge in [0, 0.05) is 12.0 Å². The normalized spacial score (nSPS) is 10.2. The van der Waals surface area contributed by atoms with Crippen molar-refractivity contribution >= 4 is 6.29 Å². The summed E-state index contributed by atoms with van der Waals surface area (Å²) in [6, 6.07) is 6.90. The van der Waals surface area contributed by atoms with Crippen LogP contribution in [0, 0.1) is 0 Å². The van der Waals surface area contributed by atoms with Gasteiger partial charge in [0.15, 0.2) is 6.61 Å². The van der Waals surface area contributed by atoms with Crippen molar-refractivity contribution in [3.8, 4) is 5.75 Å². The average molecular weight is 232 g/mol. The molecule has 0 bridgehead atoms. The summed E-state index contributed by atoms with van der Waals surface area (Å²) in [7, 11) is 0. The van der Waals surface area contributed by atoms with Crippen LogP contribution in [0.4, 0.5) is 0 Å². The van der Waals surface area contributed by atoms with Gasteiger partial charge in [0.05, 0.1) is 0 Å². The molecule has 0 fully saturated rings. The predicted molar refractivity (Wildman–Crippen MR) is 59.8 cm³/mol. The topological polar surface area (TPSA) is 65.2 Å². The van der Waals surface area contributed by atoms with Crippen molar-refractivity contribution in [2.24, 2.45) is 0 Å². The quantitative estimate of drug-likeness (QED) is 0.738. The number of aromatic nitrogens is 2. The Kier molecular flexibility index (Phi) is 3.49. The number of carbonyl (C=O) groups excluding carboxylic acids is 1. The Morgan fingerprint density at radius 3 is 3.06 bits per heavy atom. The molecule has 0 N–H and O–H groups in total. The van der Waals surface area contributed by atoms with Gasteiger partial charge in [0.25, 0.3) is 0 Å². The molecule has 88 valence electrons. The molecule has 0 aliphatic heterocycles. The summed E-state index contributed by atoms with van der Waals surface area (Å²) in [5, 5.41) is 3.76. The van der Waals surface area contributed by atoms with Gasteiger partial charge in [-0.1, -0.05) is 24.2 Å². The summed E-state index contributed by atoms with van der Waals surface area (Å²) in [6.45, 7) is 2.16. The van der Waals surface area contributed by atoms with Crippen LogP contribution in [0.25, 0.3) is 0 Å². The molecule has 1 heterocycles. The fourth-order valence-electron chi connectivity index (χ4n) is 1.32. The minimum atomic E-state index is 0.228. The Morgan fingerprint density at radius 1 is 1.47 bits per heavy atom. The molecule has 0 amide bonds. The first-order valence-corrected chi connectivity index (χ1v) is 5.31. The second-order valence-electron chi connectivity index (χ2n) is 3.44. The summed E-state index contributed by atoms with van der Waals surface area (Å²) >= 11 is 0. The number of rotatable bonds is 5. The molecule has 0 spiro atoms. The van der Waals surface area contributed by atoms with Gasteiger partial charge in [0.1, 0.15) is 12.0 Å². The van der Waals surface area contributed by atoms with E-state index in [1.807, 2.05) is 6.92 Å². The van der Waals surface area contributed by atoms with Crippen molar-refractivity contribution in [2.75, 3.05) is 0 Å². The van der Waals surface area contributed by atoms with Crippen LogP contribution in [0.2, 0.25) is 0 Å². The lowest BCUT2D eigenvalue weighted by Crippen LogP contribution is -1.98. The smallest absolute Gasteiger partial charge is 0.226 e. The number of aryl methyl sites for hydroxylation is 1. The fraction of sp³-hybridized carbons (Fsp3) is 0.250. The van der Waals surface area contributed by atoms with E-state index >= 15 is 0 Å². The zero-order valence-electron chi connectivity index (χ0n) is 9.42. The number of hydrogen-bond acceptors (Lipinski definition) is 5. The first-order valence-electron chi connectivity index (χ1n) is 5.31. The fourth-order valence-corrected chi connectivity index (χ4v) is 1.32. The molecule has 0 atom stereocenters. The second-order valence-corrected chi connectivity index (χ2v) is 3.44. The number of hydrogen-bond donors (Lipinski definition) is 0. The van der Waals surface area contributed by atoms with Crippen LogP contribution < -0.4 is 4.74 Å². The highest BCUT2D eigenvalue weighted by molar-refractivity contribution is 5.75. The molecule has 1 aromatic heterocycles. The second kappa shape index (κ2) is 5.25. The Morgan fingerprint density at radius 2 is 2.35 bits per heavy atom. The third-order valence-corrected chi connectivity index (χ3v) is 2.17. The van der Waals surface area contributed by atoms with Crippen molar-refractivity contribution in [3.05, 3.63) is 41.5 Å². The minimum Gasteiger partial charge on any atom is -0.485 e. The summed E-state index contributed by atoms with van der Waals surface area (Å²) in [6.07, 6.45) is 1.48. The van der Waals surface area contributed by atoms with E-state index in [0.29, 0.717) is 29.4 Å². The molecule has 0 radical (unpaired) electrons. The van der Waals surface area contributed by atoms with Crippen molar-refractivity contribution in [2.45, 2.75) is 20.0 Å². The van der Waals surface area contributed by atoms with Gasteiger partial charge in [-0.3, -0.25) is 4.79 Å². The lowest BCUT2D eigenvalue weighted by atomic mass is 10.2. The van der Waals surface area contributed by atoms with Gasteiger partial charge in [0.2, 0.25) is 11.7 Å². The Labute approximate surface area is 98.4 Å². The largest absolute Gasteiger partial charge is 0.485 e. The molecule has 2 rings (SSSR count). The van der Waals surface area contributed by atoms with Gasteiger partial charge in [-0.15, -0.1) is 0 Å². The van der Waals surface area contributed by atoms with Crippen molar-refractivity contribution < 1.29 is 14.1 Å². The van der Waals surface area contributed by atoms with E-state index in [1.165, 1.54) is 0 Å². The van der Waals surface area contributed by atoms with E-state index in [9.17, 15) is 4.79 Å². The molecule has 17 heavy (non-hydrogen) atoms. The average Bonchev–Trinajstić information content (AvgIpc) is 2.84. The van der Waals surface area contributed by atoms with Gasteiger partial charge >= 0.3 is 0 Å². The van der Waals surface area contributed by atoms with Crippen molar-refractivity contribution in [1.82, 2.24) is 10.1 Å².